The minimum atomic E-state index is -0.551. The maximum absolute atomic E-state index is 13.3. The molecule has 1 saturated carbocycles. The van der Waals surface area contributed by atoms with Crippen LogP contribution in [0.5, 0.6) is 0 Å². The largest absolute Gasteiger partial charge is 0.461 e. The van der Waals surface area contributed by atoms with E-state index in [-0.39, 0.29) is 24.0 Å². The van der Waals surface area contributed by atoms with Crippen LogP contribution >= 0.6 is 0 Å². The highest BCUT2D eigenvalue weighted by atomic mass is 16.5. The lowest BCUT2D eigenvalue weighted by atomic mass is 9.93. The van der Waals surface area contributed by atoms with E-state index in [9.17, 15) is 9.59 Å². The number of piperazine rings is 1. The van der Waals surface area contributed by atoms with E-state index in [4.69, 9.17) is 9.15 Å². The van der Waals surface area contributed by atoms with Crippen LogP contribution in [0.2, 0.25) is 0 Å². The number of hydrogen-bond acceptors (Lipinski definition) is 6. The number of esters is 1. The molecule has 0 atom stereocenters. The molecule has 1 saturated heterocycles. The number of ether oxygens (including phenoxy) is 1. The van der Waals surface area contributed by atoms with Gasteiger partial charge in [-0.1, -0.05) is 37.5 Å². The predicted molar refractivity (Wildman–Crippen MR) is 112 cm³/mol. The average Bonchev–Trinajstić information content (AvgIpc) is 3.29. The molecular weight excluding hydrogens is 382 g/mol. The number of aromatic nitrogens is 1. The predicted octanol–water partition coefficient (Wildman–Crippen LogP) is 3.61. The van der Waals surface area contributed by atoms with Crippen molar-refractivity contribution in [2.45, 2.75) is 45.1 Å². The van der Waals surface area contributed by atoms with E-state index in [2.05, 4.69) is 9.88 Å². The van der Waals surface area contributed by atoms with Crippen LogP contribution in [0.3, 0.4) is 0 Å². The number of rotatable bonds is 5. The molecule has 2 fully saturated rings. The molecule has 160 valence electrons. The fraction of sp³-hybridized carbons (Fsp3) is 0.522. The molecular formula is C23H29N3O4. The number of carbonyl (C=O) groups is 2. The molecule has 1 amide bonds. The summed E-state index contributed by atoms with van der Waals surface area (Å²) in [5.74, 6) is -0.317. The van der Waals surface area contributed by atoms with Crippen molar-refractivity contribution < 1.29 is 18.7 Å². The molecule has 2 aromatic rings. The second kappa shape index (κ2) is 9.43. The molecule has 1 aromatic heterocycles. The Bertz CT molecular complexity index is 880. The topological polar surface area (TPSA) is 75.9 Å². The first-order valence-electron chi connectivity index (χ1n) is 10.9. The van der Waals surface area contributed by atoms with Crippen molar-refractivity contribution in [3.05, 3.63) is 41.9 Å². The second-order valence-electron chi connectivity index (χ2n) is 7.92. The van der Waals surface area contributed by atoms with Crippen molar-refractivity contribution in [2.75, 3.05) is 32.8 Å². The van der Waals surface area contributed by atoms with Crippen molar-refractivity contribution in [3.63, 3.8) is 0 Å². The van der Waals surface area contributed by atoms with Gasteiger partial charge < -0.3 is 14.1 Å². The minimum absolute atomic E-state index is 0.0416. The molecule has 2 aliphatic rings. The number of carbonyl (C=O) groups excluding carboxylic acids is 2. The third-order valence-electron chi connectivity index (χ3n) is 6.13. The molecule has 30 heavy (non-hydrogen) atoms. The zero-order valence-corrected chi connectivity index (χ0v) is 17.5. The zero-order chi connectivity index (χ0) is 20.9. The summed E-state index contributed by atoms with van der Waals surface area (Å²) in [4.78, 5) is 34.0. The Hall–Kier alpha value is -2.67. The van der Waals surface area contributed by atoms with Gasteiger partial charge in [-0.05, 0) is 25.8 Å². The van der Waals surface area contributed by atoms with Gasteiger partial charge in [-0.2, -0.15) is 0 Å². The molecule has 7 heteroatoms. The van der Waals surface area contributed by atoms with Gasteiger partial charge in [0.05, 0.1) is 12.2 Å². The standard InChI is InChI=1S/C23H29N3O4/c1-2-29-23(28)20-21(30-16-24-20)18-10-6-7-11-19(18)22(27)26-14-12-25(13-15-26)17-8-4-3-5-9-17/h6-7,10-11,16-17H,2-5,8-9,12-15H2,1H3. The SMILES string of the molecule is CCOC(=O)c1ncoc1-c1ccccc1C(=O)N1CCN(C2CCCCC2)CC1. The van der Waals surface area contributed by atoms with E-state index in [1.807, 2.05) is 17.0 Å². The van der Waals surface area contributed by atoms with E-state index in [1.165, 1.54) is 38.5 Å². The lowest BCUT2D eigenvalue weighted by molar-refractivity contribution is 0.0513. The Balaban J connectivity index is 1.50. The van der Waals surface area contributed by atoms with E-state index < -0.39 is 5.97 Å². The third kappa shape index (κ3) is 4.26. The number of hydrogen-bond donors (Lipinski definition) is 0. The van der Waals surface area contributed by atoms with Crippen LogP contribution in [-0.4, -0.2) is 65.5 Å². The first-order valence-corrected chi connectivity index (χ1v) is 10.9. The molecule has 0 unspecified atom stereocenters. The Labute approximate surface area is 177 Å². The fourth-order valence-corrected chi connectivity index (χ4v) is 4.56. The van der Waals surface area contributed by atoms with Gasteiger partial charge in [0.1, 0.15) is 0 Å². The maximum atomic E-state index is 13.3. The maximum Gasteiger partial charge on any atom is 0.360 e. The summed E-state index contributed by atoms with van der Waals surface area (Å²) in [6.07, 6.45) is 7.75. The van der Waals surface area contributed by atoms with Crippen molar-refractivity contribution in [1.82, 2.24) is 14.8 Å². The summed E-state index contributed by atoms with van der Waals surface area (Å²) in [6, 6.07) is 7.89. The molecule has 1 aliphatic carbocycles. The van der Waals surface area contributed by atoms with Gasteiger partial charge in [-0.3, -0.25) is 9.69 Å². The molecule has 0 spiro atoms. The van der Waals surface area contributed by atoms with Crippen LogP contribution in [0, 0.1) is 0 Å². The normalized spacial score (nSPS) is 18.4. The third-order valence-corrected chi connectivity index (χ3v) is 6.13. The van der Waals surface area contributed by atoms with Gasteiger partial charge in [0.25, 0.3) is 5.91 Å². The van der Waals surface area contributed by atoms with Gasteiger partial charge >= 0.3 is 5.97 Å². The minimum Gasteiger partial charge on any atom is -0.461 e. The molecule has 7 nitrogen and oxygen atoms in total. The summed E-state index contributed by atoms with van der Waals surface area (Å²) in [6.45, 7) is 5.23. The van der Waals surface area contributed by atoms with Gasteiger partial charge in [0.15, 0.2) is 17.8 Å². The second-order valence-corrected chi connectivity index (χ2v) is 7.92. The summed E-state index contributed by atoms with van der Waals surface area (Å²) in [5.41, 5.74) is 1.18. The van der Waals surface area contributed by atoms with E-state index in [1.54, 1.807) is 19.1 Å². The number of amides is 1. The molecule has 1 aliphatic heterocycles. The highest BCUT2D eigenvalue weighted by Gasteiger charge is 2.30. The van der Waals surface area contributed by atoms with E-state index in [0.29, 0.717) is 30.3 Å². The van der Waals surface area contributed by atoms with Crippen LogP contribution < -0.4 is 0 Å². The van der Waals surface area contributed by atoms with Gasteiger partial charge in [-0.15, -0.1) is 0 Å². The van der Waals surface area contributed by atoms with Gasteiger partial charge in [0, 0.05) is 37.8 Å². The lowest BCUT2D eigenvalue weighted by Crippen LogP contribution is -2.52. The molecule has 1 aromatic carbocycles. The monoisotopic (exact) mass is 411 g/mol. The van der Waals surface area contributed by atoms with Crippen molar-refractivity contribution in [3.8, 4) is 11.3 Å². The molecule has 0 radical (unpaired) electrons. The summed E-state index contributed by atoms with van der Waals surface area (Å²) in [7, 11) is 0. The van der Waals surface area contributed by atoms with Crippen LogP contribution in [0.1, 0.15) is 59.9 Å². The Morgan fingerprint density at radius 1 is 1.10 bits per heavy atom. The quantitative estimate of drug-likeness (QED) is 0.700. The van der Waals surface area contributed by atoms with Crippen molar-refractivity contribution in [2.24, 2.45) is 0 Å². The van der Waals surface area contributed by atoms with Crippen LogP contribution in [-0.2, 0) is 4.74 Å². The number of oxazole rings is 1. The van der Waals surface area contributed by atoms with Gasteiger partial charge in [0.2, 0.25) is 0 Å². The van der Waals surface area contributed by atoms with E-state index in [0.717, 1.165) is 13.1 Å². The van der Waals surface area contributed by atoms with Crippen LogP contribution in [0.15, 0.2) is 35.1 Å². The molecule has 4 rings (SSSR count). The zero-order valence-electron chi connectivity index (χ0n) is 17.5. The summed E-state index contributed by atoms with van der Waals surface area (Å²) in [5, 5.41) is 0. The first kappa shape index (κ1) is 20.6. The van der Waals surface area contributed by atoms with Crippen LogP contribution in [0.4, 0.5) is 0 Å². The lowest BCUT2D eigenvalue weighted by Gasteiger charge is -2.40. The van der Waals surface area contributed by atoms with Crippen LogP contribution in [0.25, 0.3) is 11.3 Å². The van der Waals surface area contributed by atoms with Gasteiger partial charge in [-0.25, -0.2) is 9.78 Å². The fourth-order valence-electron chi connectivity index (χ4n) is 4.56. The molecule has 0 N–H and O–H groups in total. The number of nitrogens with zero attached hydrogens (tertiary/aromatic N) is 3. The summed E-state index contributed by atoms with van der Waals surface area (Å²) < 4.78 is 10.6. The number of benzene rings is 1. The molecule has 0 bridgehead atoms. The van der Waals surface area contributed by atoms with Crippen molar-refractivity contribution in [1.29, 1.82) is 0 Å². The van der Waals surface area contributed by atoms with E-state index >= 15 is 0 Å². The Morgan fingerprint density at radius 3 is 2.57 bits per heavy atom. The van der Waals surface area contributed by atoms with Crippen molar-refractivity contribution >= 4 is 11.9 Å². The Morgan fingerprint density at radius 2 is 1.83 bits per heavy atom. The highest BCUT2D eigenvalue weighted by molar-refractivity contribution is 6.03. The molecule has 2 heterocycles. The first-order chi connectivity index (χ1) is 14.7. The highest BCUT2D eigenvalue weighted by Crippen LogP contribution is 2.29. The smallest absolute Gasteiger partial charge is 0.360 e. The Kier molecular flexibility index (Phi) is 6.47. The average molecular weight is 412 g/mol. The summed E-state index contributed by atoms with van der Waals surface area (Å²) >= 11 is 0.